The number of thioether (sulfide) groups is 1. The molecule has 0 saturated carbocycles. The van der Waals surface area contributed by atoms with Crippen molar-refractivity contribution in [1.82, 2.24) is 20.9 Å². The summed E-state index contributed by atoms with van der Waals surface area (Å²) in [4.78, 5) is 29.1. The molecule has 2 aliphatic rings. The minimum Gasteiger partial charge on any atom is -0.496 e. The first-order valence-electron chi connectivity index (χ1n) is 11.5. The molecule has 180 valence electrons. The van der Waals surface area contributed by atoms with Gasteiger partial charge in [-0.15, -0.1) is 0 Å². The van der Waals surface area contributed by atoms with Gasteiger partial charge in [0.1, 0.15) is 5.75 Å². The summed E-state index contributed by atoms with van der Waals surface area (Å²) in [5, 5.41) is 9.48. The standard InChI is InChI=1S/C26H32N4O3S/c1-16-12-19(8-11-22(16)33-4)24(31)27-15-17-6-5-7-18(13-17)25(32)29-26-28-21-10-9-20(30(2)3)14-23(21)34-26/h5-8,11-13,20,26,28H,9-10,14-15H2,1-4H3,(H,27,31)(H,29,32). The molecule has 2 aromatic rings. The van der Waals surface area contributed by atoms with Crippen LogP contribution in [0.4, 0.5) is 0 Å². The summed E-state index contributed by atoms with van der Waals surface area (Å²) in [7, 11) is 5.85. The van der Waals surface area contributed by atoms with Crippen molar-refractivity contribution in [2.45, 2.75) is 44.3 Å². The molecule has 2 unspecified atom stereocenters. The quantitative estimate of drug-likeness (QED) is 0.562. The molecule has 4 rings (SSSR count). The lowest BCUT2D eigenvalue weighted by Crippen LogP contribution is -2.40. The predicted molar refractivity (Wildman–Crippen MR) is 136 cm³/mol. The summed E-state index contributed by atoms with van der Waals surface area (Å²) >= 11 is 1.70. The van der Waals surface area contributed by atoms with Crippen LogP contribution in [0.3, 0.4) is 0 Å². The molecule has 7 nitrogen and oxygen atoms in total. The highest BCUT2D eigenvalue weighted by Crippen LogP contribution is 2.39. The molecular weight excluding hydrogens is 448 g/mol. The summed E-state index contributed by atoms with van der Waals surface area (Å²) in [6.45, 7) is 2.24. The minimum atomic E-state index is -0.167. The Balaban J connectivity index is 1.31. The number of carbonyl (C=O) groups excluding carboxylic acids is 2. The number of methoxy groups -OCH3 is 1. The third kappa shape index (κ3) is 5.56. The van der Waals surface area contributed by atoms with E-state index in [1.54, 1.807) is 43.1 Å². The molecule has 2 atom stereocenters. The van der Waals surface area contributed by atoms with Crippen LogP contribution in [0.1, 0.15) is 51.1 Å². The van der Waals surface area contributed by atoms with E-state index in [0.29, 0.717) is 23.7 Å². The van der Waals surface area contributed by atoms with Crippen molar-refractivity contribution in [3.63, 3.8) is 0 Å². The Kier molecular flexibility index (Phi) is 7.48. The van der Waals surface area contributed by atoms with Gasteiger partial charge < -0.3 is 25.6 Å². The zero-order chi connectivity index (χ0) is 24.2. The van der Waals surface area contributed by atoms with E-state index in [1.165, 1.54) is 10.6 Å². The lowest BCUT2D eigenvalue weighted by atomic mass is 9.98. The van der Waals surface area contributed by atoms with Crippen molar-refractivity contribution < 1.29 is 14.3 Å². The van der Waals surface area contributed by atoms with E-state index in [-0.39, 0.29) is 17.3 Å². The van der Waals surface area contributed by atoms with E-state index < -0.39 is 0 Å². The van der Waals surface area contributed by atoms with Gasteiger partial charge in [0.25, 0.3) is 11.8 Å². The summed E-state index contributed by atoms with van der Waals surface area (Å²) in [6.07, 6.45) is 3.17. The minimum absolute atomic E-state index is 0.132. The molecule has 0 spiro atoms. The van der Waals surface area contributed by atoms with E-state index in [9.17, 15) is 9.59 Å². The number of ether oxygens (including phenoxy) is 1. The fourth-order valence-corrected chi connectivity index (χ4v) is 5.57. The van der Waals surface area contributed by atoms with Crippen molar-refractivity contribution in [1.29, 1.82) is 0 Å². The number of hydrogen-bond acceptors (Lipinski definition) is 6. The summed E-state index contributed by atoms with van der Waals surface area (Å²) in [6, 6.07) is 13.2. The molecule has 2 amide bonds. The second-order valence-electron chi connectivity index (χ2n) is 8.95. The van der Waals surface area contributed by atoms with Crippen LogP contribution < -0.4 is 20.7 Å². The van der Waals surface area contributed by atoms with Gasteiger partial charge in [0.15, 0.2) is 5.50 Å². The lowest BCUT2D eigenvalue weighted by molar-refractivity contribution is 0.0942. The maximum atomic E-state index is 12.9. The van der Waals surface area contributed by atoms with E-state index in [2.05, 4.69) is 34.9 Å². The zero-order valence-electron chi connectivity index (χ0n) is 20.1. The average molecular weight is 481 g/mol. The van der Waals surface area contributed by atoms with Gasteiger partial charge in [0, 0.05) is 34.3 Å². The summed E-state index contributed by atoms with van der Waals surface area (Å²) in [5.41, 5.74) is 4.03. The molecule has 34 heavy (non-hydrogen) atoms. The van der Waals surface area contributed by atoms with Gasteiger partial charge in [0.2, 0.25) is 0 Å². The molecule has 1 aliphatic carbocycles. The fourth-order valence-electron chi connectivity index (χ4n) is 4.33. The van der Waals surface area contributed by atoms with Crippen LogP contribution in [0.2, 0.25) is 0 Å². The van der Waals surface area contributed by atoms with Gasteiger partial charge in [-0.1, -0.05) is 23.9 Å². The summed E-state index contributed by atoms with van der Waals surface area (Å²) in [5.74, 6) is 0.451. The van der Waals surface area contributed by atoms with Crippen molar-refractivity contribution in [2.24, 2.45) is 0 Å². The van der Waals surface area contributed by atoms with Crippen LogP contribution in [-0.2, 0) is 6.54 Å². The number of rotatable bonds is 7. The van der Waals surface area contributed by atoms with E-state index in [4.69, 9.17) is 4.74 Å². The molecule has 2 aromatic carbocycles. The SMILES string of the molecule is COc1ccc(C(=O)NCc2cccc(C(=O)NC3NC4=C(CC(N(C)C)CC4)S3)c2)cc1C. The third-order valence-electron chi connectivity index (χ3n) is 6.34. The Morgan fingerprint density at radius 2 is 1.94 bits per heavy atom. The molecule has 1 aliphatic heterocycles. The molecule has 3 N–H and O–H groups in total. The number of benzene rings is 2. The molecule has 0 fully saturated rings. The van der Waals surface area contributed by atoms with E-state index >= 15 is 0 Å². The fraction of sp³-hybridized carbons (Fsp3) is 0.385. The highest BCUT2D eigenvalue weighted by atomic mass is 32.2. The van der Waals surface area contributed by atoms with Crippen LogP contribution >= 0.6 is 11.8 Å². The molecule has 0 radical (unpaired) electrons. The van der Waals surface area contributed by atoms with Crippen LogP contribution in [-0.4, -0.2) is 49.5 Å². The van der Waals surface area contributed by atoms with Crippen LogP contribution in [0.25, 0.3) is 0 Å². The van der Waals surface area contributed by atoms with Crippen LogP contribution in [0.15, 0.2) is 53.1 Å². The smallest absolute Gasteiger partial charge is 0.253 e. The van der Waals surface area contributed by atoms with Gasteiger partial charge in [-0.25, -0.2) is 0 Å². The number of amides is 2. The van der Waals surface area contributed by atoms with Gasteiger partial charge in [-0.05, 0) is 81.7 Å². The normalized spacial score (nSPS) is 19.4. The first-order valence-corrected chi connectivity index (χ1v) is 12.4. The first kappa shape index (κ1) is 24.2. The summed E-state index contributed by atoms with van der Waals surface area (Å²) < 4.78 is 5.25. The molecule has 0 saturated heterocycles. The topological polar surface area (TPSA) is 82.7 Å². The lowest BCUT2D eigenvalue weighted by Gasteiger charge is -2.28. The van der Waals surface area contributed by atoms with Gasteiger partial charge in [-0.3, -0.25) is 9.59 Å². The molecule has 8 heteroatoms. The highest BCUT2D eigenvalue weighted by Gasteiger charge is 2.31. The Hall–Kier alpha value is -2.97. The maximum absolute atomic E-state index is 12.9. The van der Waals surface area contributed by atoms with Crippen molar-refractivity contribution >= 4 is 23.6 Å². The van der Waals surface area contributed by atoms with Crippen molar-refractivity contribution in [3.8, 4) is 5.75 Å². The number of allylic oxidation sites excluding steroid dienone is 1. The highest BCUT2D eigenvalue weighted by molar-refractivity contribution is 8.03. The predicted octanol–water partition coefficient (Wildman–Crippen LogP) is 3.61. The Labute approximate surface area is 205 Å². The molecular formula is C26H32N4O3S. The Bertz CT molecular complexity index is 1110. The number of carbonyl (C=O) groups is 2. The first-order chi connectivity index (χ1) is 16.3. The Morgan fingerprint density at radius 1 is 1.15 bits per heavy atom. The monoisotopic (exact) mass is 480 g/mol. The Morgan fingerprint density at radius 3 is 2.68 bits per heavy atom. The van der Waals surface area contributed by atoms with Gasteiger partial charge >= 0.3 is 0 Å². The molecule has 1 heterocycles. The van der Waals surface area contributed by atoms with E-state index in [0.717, 1.165) is 36.1 Å². The maximum Gasteiger partial charge on any atom is 0.253 e. The molecule has 0 bridgehead atoms. The molecule has 0 aromatic heterocycles. The van der Waals surface area contributed by atoms with E-state index in [1.807, 2.05) is 25.1 Å². The number of nitrogens with zero attached hydrogens (tertiary/aromatic N) is 1. The number of nitrogens with one attached hydrogen (secondary N) is 3. The largest absolute Gasteiger partial charge is 0.496 e. The second-order valence-corrected chi connectivity index (χ2v) is 10.1. The number of aryl methyl sites for hydroxylation is 1. The number of hydrogen-bond donors (Lipinski definition) is 3. The average Bonchev–Trinajstić information content (AvgIpc) is 3.24. The zero-order valence-corrected chi connectivity index (χ0v) is 20.9. The van der Waals surface area contributed by atoms with Crippen LogP contribution in [0.5, 0.6) is 5.75 Å². The second kappa shape index (κ2) is 10.5. The third-order valence-corrected chi connectivity index (χ3v) is 7.51. The van der Waals surface area contributed by atoms with Crippen LogP contribution in [0, 0.1) is 6.92 Å². The van der Waals surface area contributed by atoms with Crippen molar-refractivity contribution in [2.75, 3.05) is 21.2 Å². The van der Waals surface area contributed by atoms with Gasteiger partial charge in [0.05, 0.1) is 7.11 Å². The van der Waals surface area contributed by atoms with Crippen molar-refractivity contribution in [3.05, 3.63) is 75.3 Å². The van der Waals surface area contributed by atoms with Gasteiger partial charge in [-0.2, -0.15) is 0 Å².